The first-order chi connectivity index (χ1) is 18.4. The molecule has 1 aliphatic rings. The molecule has 39 heavy (non-hydrogen) atoms. The molecule has 0 spiro atoms. The standard InChI is InChI=1S/C25H12F6N6O2/c26-24(27,28)20-14-8-11(9-33-16(14)6-7-32-20)35-23(39)15-10-34-37(21(15)25(29,30)31)18-5-4-17-19-12(18)2-1-3-13(19)22(38)36-17/h1-10H,(H,35,39)(H,36,38). The Morgan fingerprint density at radius 1 is 0.923 bits per heavy atom. The number of halogens is 6. The van der Waals surface area contributed by atoms with Gasteiger partial charge in [-0.25, -0.2) is 4.68 Å². The summed E-state index contributed by atoms with van der Waals surface area (Å²) in [4.78, 5) is 32.4. The summed E-state index contributed by atoms with van der Waals surface area (Å²) in [6.45, 7) is 0. The number of carbonyl (C=O) groups is 2. The number of aromatic nitrogens is 4. The minimum atomic E-state index is -5.06. The van der Waals surface area contributed by atoms with Crippen LogP contribution in [0.4, 0.5) is 37.7 Å². The molecule has 0 atom stereocenters. The fourth-order valence-electron chi connectivity index (χ4n) is 4.57. The van der Waals surface area contributed by atoms with Crippen LogP contribution in [0.3, 0.4) is 0 Å². The van der Waals surface area contributed by atoms with E-state index in [1.807, 2.05) is 0 Å². The average molecular weight is 542 g/mol. The molecular formula is C25H12F6N6O2. The molecule has 4 heterocycles. The van der Waals surface area contributed by atoms with Gasteiger partial charge in [0.2, 0.25) is 0 Å². The van der Waals surface area contributed by atoms with Gasteiger partial charge in [-0.1, -0.05) is 12.1 Å². The third-order valence-corrected chi connectivity index (χ3v) is 6.16. The van der Waals surface area contributed by atoms with Crippen LogP contribution in [0.2, 0.25) is 0 Å². The molecule has 6 rings (SSSR count). The van der Waals surface area contributed by atoms with Crippen LogP contribution >= 0.6 is 0 Å². The van der Waals surface area contributed by atoms with Crippen molar-refractivity contribution >= 4 is 44.9 Å². The minimum absolute atomic E-state index is 0.0354. The number of alkyl halides is 6. The van der Waals surface area contributed by atoms with Crippen LogP contribution < -0.4 is 10.6 Å². The largest absolute Gasteiger partial charge is 0.434 e. The van der Waals surface area contributed by atoms with Gasteiger partial charge in [0.05, 0.1) is 34.8 Å². The number of carbonyl (C=O) groups excluding carboxylic acids is 2. The number of benzene rings is 2. The molecule has 5 aromatic rings. The summed E-state index contributed by atoms with van der Waals surface area (Å²) < 4.78 is 83.6. The molecule has 0 fully saturated rings. The first-order valence-corrected chi connectivity index (χ1v) is 11.1. The number of amides is 2. The number of pyridine rings is 2. The van der Waals surface area contributed by atoms with Crippen molar-refractivity contribution in [3.05, 3.63) is 83.6 Å². The van der Waals surface area contributed by atoms with Crippen molar-refractivity contribution in [1.82, 2.24) is 19.7 Å². The number of nitrogens with zero attached hydrogens (tertiary/aromatic N) is 4. The zero-order valence-corrected chi connectivity index (χ0v) is 19.1. The second-order valence-corrected chi connectivity index (χ2v) is 8.53. The van der Waals surface area contributed by atoms with E-state index in [2.05, 4.69) is 25.7 Å². The number of hydrogen-bond donors (Lipinski definition) is 2. The van der Waals surface area contributed by atoms with Crippen molar-refractivity contribution in [1.29, 1.82) is 0 Å². The molecular weight excluding hydrogens is 530 g/mol. The summed E-state index contributed by atoms with van der Waals surface area (Å²) in [5, 5.41) is 8.88. The maximum Gasteiger partial charge on any atom is 0.434 e. The Morgan fingerprint density at radius 2 is 1.72 bits per heavy atom. The number of hydrogen-bond acceptors (Lipinski definition) is 5. The molecule has 0 bridgehead atoms. The Kier molecular flexibility index (Phi) is 5.14. The highest BCUT2D eigenvalue weighted by atomic mass is 19.4. The third kappa shape index (κ3) is 3.91. The Morgan fingerprint density at radius 3 is 2.46 bits per heavy atom. The Balaban J connectivity index is 1.44. The van der Waals surface area contributed by atoms with Gasteiger partial charge in [0.1, 0.15) is 0 Å². The second-order valence-electron chi connectivity index (χ2n) is 8.53. The van der Waals surface area contributed by atoms with Crippen LogP contribution in [0, 0.1) is 0 Å². The molecule has 14 heteroatoms. The number of nitrogens with one attached hydrogen (secondary N) is 2. The van der Waals surface area contributed by atoms with Gasteiger partial charge < -0.3 is 10.6 Å². The van der Waals surface area contributed by atoms with Crippen LogP contribution in [-0.4, -0.2) is 31.6 Å². The minimum Gasteiger partial charge on any atom is -0.321 e. The van der Waals surface area contributed by atoms with Crippen molar-refractivity contribution in [2.45, 2.75) is 12.4 Å². The highest BCUT2D eigenvalue weighted by Crippen LogP contribution is 2.40. The van der Waals surface area contributed by atoms with Gasteiger partial charge in [-0.2, -0.15) is 31.4 Å². The van der Waals surface area contributed by atoms with Crippen molar-refractivity contribution in [2.75, 3.05) is 10.6 Å². The molecule has 0 aliphatic carbocycles. The first kappa shape index (κ1) is 24.3. The summed E-state index contributed by atoms with van der Waals surface area (Å²) in [6.07, 6.45) is -7.23. The van der Waals surface area contributed by atoms with Gasteiger partial charge in [-0.05, 0) is 30.3 Å². The van der Waals surface area contributed by atoms with E-state index >= 15 is 0 Å². The summed E-state index contributed by atoms with van der Waals surface area (Å²) in [7, 11) is 0. The molecule has 0 unspecified atom stereocenters. The van der Waals surface area contributed by atoms with E-state index in [0.717, 1.165) is 18.5 Å². The normalized spacial score (nSPS) is 13.2. The summed E-state index contributed by atoms with van der Waals surface area (Å²) >= 11 is 0. The van der Waals surface area contributed by atoms with Crippen molar-refractivity contribution in [3.8, 4) is 5.69 Å². The predicted molar refractivity (Wildman–Crippen MR) is 127 cm³/mol. The molecule has 8 nitrogen and oxygen atoms in total. The smallest absolute Gasteiger partial charge is 0.321 e. The molecule has 2 amide bonds. The topological polar surface area (TPSA) is 102 Å². The van der Waals surface area contributed by atoms with Crippen LogP contribution in [-0.2, 0) is 12.4 Å². The Hall–Kier alpha value is -5.01. The van der Waals surface area contributed by atoms with Crippen molar-refractivity contribution < 1.29 is 35.9 Å². The van der Waals surface area contributed by atoms with Gasteiger partial charge in [0.25, 0.3) is 11.8 Å². The first-order valence-electron chi connectivity index (χ1n) is 11.1. The molecule has 196 valence electrons. The molecule has 3 aromatic heterocycles. The monoisotopic (exact) mass is 542 g/mol. The molecule has 0 saturated carbocycles. The van der Waals surface area contributed by atoms with E-state index in [0.29, 0.717) is 22.0 Å². The highest BCUT2D eigenvalue weighted by Gasteiger charge is 2.41. The summed E-state index contributed by atoms with van der Waals surface area (Å²) in [6, 6.07) is 9.48. The number of rotatable bonds is 3. The van der Waals surface area contributed by atoms with Crippen LogP contribution in [0.1, 0.15) is 32.1 Å². The van der Waals surface area contributed by atoms with E-state index in [1.54, 1.807) is 0 Å². The lowest BCUT2D eigenvalue weighted by Gasteiger charge is -2.15. The summed E-state index contributed by atoms with van der Waals surface area (Å²) in [5.41, 5.74) is -3.23. The highest BCUT2D eigenvalue weighted by molar-refractivity contribution is 6.25. The lowest BCUT2D eigenvalue weighted by Crippen LogP contribution is -2.21. The number of anilines is 2. The van der Waals surface area contributed by atoms with E-state index in [-0.39, 0.29) is 27.8 Å². The predicted octanol–water partition coefficient (Wildman–Crippen LogP) is 5.82. The maximum atomic E-state index is 14.3. The zero-order chi connectivity index (χ0) is 27.7. The van der Waals surface area contributed by atoms with Crippen LogP contribution in [0.15, 0.2) is 61.1 Å². The second kappa shape index (κ2) is 8.24. The van der Waals surface area contributed by atoms with Gasteiger partial charge in [0.15, 0.2) is 11.4 Å². The van der Waals surface area contributed by atoms with E-state index < -0.39 is 46.5 Å². The lowest BCUT2D eigenvalue weighted by atomic mass is 10.0. The maximum absolute atomic E-state index is 14.3. The fourth-order valence-corrected chi connectivity index (χ4v) is 4.57. The van der Waals surface area contributed by atoms with E-state index in [9.17, 15) is 35.9 Å². The SMILES string of the molecule is O=C(Nc1cnc2ccnc(C(F)(F)F)c2c1)c1cnn(-c2ccc3c4c(cccc24)C(=O)N3)c1C(F)(F)F. The van der Waals surface area contributed by atoms with Crippen LogP contribution in [0.25, 0.3) is 27.4 Å². The lowest BCUT2D eigenvalue weighted by molar-refractivity contribution is -0.143. The quantitative estimate of drug-likeness (QED) is 0.280. The van der Waals surface area contributed by atoms with Gasteiger partial charge in [0, 0.05) is 33.6 Å². The van der Waals surface area contributed by atoms with Crippen molar-refractivity contribution in [2.24, 2.45) is 0 Å². The molecule has 0 radical (unpaired) electrons. The van der Waals surface area contributed by atoms with E-state index in [4.69, 9.17) is 0 Å². The molecule has 2 N–H and O–H groups in total. The van der Waals surface area contributed by atoms with Crippen LogP contribution in [0.5, 0.6) is 0 Å². The Labute approximate surface area is 213 Å². The number of fused-ring (bicyclic) bond motifs is 1. The zero-order valence-electron chi connectivity index (χ0n) is 19.1. The molecule has 2 aromatic carbocycles. The van der Waals surface area contributed by atoms with Gasteiger partial charge >= 0.3 is 12.4 Å². The van der Waals surface area contributed by atoms with Gasteiger partial charge in [-0.15, -0.1) is 0 Å². The van der Waals surface area contributed by atoms with Gasteiger partial charge in [-0.3, -0.25) is 19.6 Å². The van der Waals surface area contributed by atoms with E-state index in [1.165, 1.54) is 36.4 Å². The Bertz CT molecular complexity index is 1840. The third-order valence-electron chi connectivity index (χ3n) is 6.16. The van der Waals surface area contributed by atoms with Crippen molar-refractivity contribution in [3.63, 3.8) is 0 Å². The fraction of sp³-hybridized carbons (Fsp3) is 0.0800. The molecule has 1 aliphatic heterocycles. The summed E-state index contributed by atoms with van der Waals surface area (Å²) in [5.74, 6) is -1.67. The molecule has 0 saturated heterocycles. The average Bonchev–Trinajstić information content (AvgIpc) is 3.46.